The SMILES string of the molecule is C[CH2][Ge]([CH2]C)([CH2]C)[CH]1NNNC1C=NCc1ccccc1. The van der Waals surface area contributed by atoms with Crippen LogP contribution in [0.1, 0.15) is 26.3 Å². The van der Waals surface area contributed by atoms with Gasteiger partial charge in [0.25, 0.3) is 0 Å². The Labute approximate surface area is 131 Å². The van der Waals surface area contributed by atoms with Gasteiger partial charge in [0.15, 0.2) is 0 Å². The van der Waals surface area contributed by atoms with Gasteiger partial charge >= 0.3 is 131 Å². The average Bonchev–Trinajstić information content (AvgIpc) is 3.00. The monoisotopic (exact) mass is 350 g/mol. The summed E-state index contributed by atoms with van der Waals surface area (Å²) < 4.78 is 0. The minimum absolute atomic E-state index is 0.313. The predicted octanol–water partition coefficient (Wildman–Crippen LogP) is 2.65. The third kappa shape index (κ3) is 3.94. The molecule has 1 aromatic carbocycles. The van der Waals surface area contributed by atoms with Crippen molar-refractivity contribution in [2.24, 2.45) is 4.99 Å². The van der Waals surface area contributed by atoms with Gasteiger partial charge in [-0.3, -0.25) is 0 Å². The second kappa shape index (κ2) is 8.08. The van der Waals surface area contributed by atoms with E-state index in [0.717, 1.165) is 6.54 Å². The molecule has 21 heavy (non-hydrogen) atoms. The van der Waals surface area contributed by atoms with E-state index in [4.69, 9.17) is 0 Å². The topological polar surface area (TPSA) is 48.4 Å². The van der Waals surface area contributed by atoms with E-state index in [1.54, 1.807) is 0 Å². The molecular formula is C16H28GeN4. The van der Waals surface area contributed by atoms with Crippen molar-refractivity contribution in [2.75, 3.05) is 0 Å². The Hall–Kier alpha value is -0.687. The quantitative estimate of drug-likeness (QED) is 0.524. The van der Waals surface area contributed by atoms with Gasteiger partial charge in [-0.05, 0) is 0 Å². The first-order valence-electron chi connectivity index (χ1n) is 8.05. The summed E-state index contributed by atoms with van der Waals surface area (Å²) in [7, 11) is 0. The minimum atomic E-state index is -1.87. The molecule has 0 bridgehead atoms. The molecule has 4 nitrogen and oxygen atoms in total. The molecule has 0 radical (unpaired) electrons. The van der Waals surface area contributed by atoms with Gasteiger partial charge < -0.3 is 0 Å². The molecule has 2 rings (SSSR count). The molecule has 2 unspecified atom stereocenters. The van der Waals surface area contributed by atoms with E-state index >= 15 is 0 Å². The molecule has 1 aliphatic rings. The van der Waals surface area contributed by atoms with Crippen LogP contribution in [0.4, 0.5) is 0 Å². The van der Waals surface area contributed by atoms with Crippen LogP contribution >= 0.6 is 0 Å². The Bertz CT molecular complexity index is 437. The number of benzene rings is 1. The van der Waals surface area contributed by atoms with Crippen molar-refractivity contribution < 1.29 is 0 Å². The predicted molar refractivity (Wildman–Crippen MR) is 92.8 cm³/mol. The molecule has 1 aromatic rings. The third-order valence-corrected chi connectivity index (χ3v) is 17.7. The second-order valence-corrected chi connectivity index (χ2v) is 17.3. The molecular weight excluding hydrogens is 321 g/mol. The van der Waals surface area contributed by atoms with E-state index in [0.29, 0.717) is 10.9 Å². The maximum absolute atomic E-state index is 4.65. The summed E-state index contributed by atoms with van der Waals surface area (Å²) in [5, 5.41) is 4.07. The van der Waals surface area contributed by atoms with Gasteiger partial charge in [0.2, 0.25) is 0 Å². The molecule has 3 N–H and O–H groups in total. The van der Waals surface area contributed by atoms with Crippen LogP contribution in [0.25, 0.3) is 0 Å². The number of nitrogens with one attached hydrogen (secondary N) is 3. The fourth-order valence-electron chi connectivity index (χ4n) is 3.30. The molecule has 1 saturated heterocycles. The summed E-state index contributed by atoms with van der Waals surface area (Å²) in [6, 6.07) is 10.7. The molecule has 1 aliphatic heterocycles. The summed E-state index contributed by atoms with van der Waals surface area (Å²) in [6.07, 6.45) is 2.10. The molecule has 0 amide bonds. The number of aliphatic imine (C=N–C) groups is 1. The molecule has 0 saturated carbocycles. The first-order chi connectivity index (χ1) is 10.3. The Balaban J connectivity index is 2.01. The Morgan fingerprint density at radius 2 is 1.71 bits per heavy atom. The van der Waals surface area contributed by atoms with Crippen molar-refractivity contribution >= 4 is 19.5 Å². The Kier molecular flexibility index (Phi) is 6.42. The van der Waals surface area contributed by atoms with Crippen LogP contribution in [-0.2, 0) is 6.54 Å². The second-order valence-electron chi connectivity index (χ2n) is 5.82. The van der Waals surface area contributed by atoms with Crippen LogP contribution in [0.3, 0.4) is 0 Å². The van der Waals surface area contributed by atoms with E-state index in [2.05, 4.69) is 72.6 Å². The van der Waals surface area contributed by atoms with Crippen LogP contribution in [0.2, 0.25) is 15.8 Å². The molecule has 2 atom stereocenters. The molecule has 0 spiro atoms. The third-order valence-electron chi connectivity index (χ3n) is 4.98. The molecule has 1 heterocycles. The van der Waals surface area contributed by atoms with E-state index in [-0.39, 0.29) is 0 Å². The molecule has 0 aliphatic carbocycles. The van der Waals surface area contributed by atoms with Crippen molar-refractivity contribution in [3.63, 3.8) is 0 Å². The van der Waals surface area contributed by atoms with E-state index in [9.17, 15) is 0 Å². The summed E-state index contributed by atoms with van der Waals surface area (Å²) in [6.45, 7) is 7.86. The molecule has 116 valence electrons. The van der Waals surface area contributed by atoms with Gasteiger partial charge in [-0.15, -0.1) is 0 Å². The molecule has 5 heteroatoms. The van der Waals surface area contributed by atoms with Crippen molar-refractivity contribution in [3.05, 3.63) is 35.9 Å². The van der Waals surface area contributed by atoms with E-state index in [1.165, 1.54) is 21.3 Å². The Morgan fingerprint density at radius 3 is 2.33 bits per heavy atom. The number of nitrogens with zero attached hydrogens (tertiary/aromatic N) is 1. The number of hydrazine groups is 2. The zero-order valence-electron chi connectivity index (χ0n) is 13.4. The zero-order valence-corrected chi connectivity index (χ0v) is 15.5. The average molecular weight is 349 g/mol. The van der Waals surface area contributed by atoms with Gasteiger partial charge in [-0.2, -0.15) is 0 Å². The summed E-state index contributed by atoms with van der Waals surface area (Å²) in [5.74, 6) is 0. The van der Waals surface area contributed by atoms with Crippen LogP contribution < -0.4 is 16.4 Å². The standard InChI is InChI=1S/C16H28GeN4/c1-4-17(5-2,6-3)16-15(19-21-20-16)13-18-12-14-10-8-7-9-11-14/h7-11,13,15-16,19-21H,4-6,12H2,1-3H3. The van der Waals surface area contributed by atoms with Crippen molar-refractivity contribution in [2.45, 2.75) is 54.0 Å². The van der Waals surface area contributed by atoms with Crippen LogP contribution in [0, 0.1) is 0 Å². The fourth-order valence-corrected chi connectivity index (χ4v) is 12.0. The van der Waals surface area contributed by atoms with Crippen LogP contribution in [0.5, 0.6) is 0 Å². The van der Waals surface area contributed by atoms with Crippen molar-refractivity contribution in [1.82, 2.24) is 16.4 Å². The first-order valence-corrected chi connectivity index (χ1v) is 13.7. The van der Waals surface area contributed by atoms with Gasteiger partial charge in [0, 0.05) is 0 Å². The molecule has 1 fully saturated rings. The molecule has 0 aromatic heterocycles. The van der Waals surface area contributed by atoms with Gasteiger partial charge in [-0.25, -0.2) is 0 Å². The number of hydrogen-bond acceptors (Lipinski definition) is 4. The maximum atomic E-state index is 4.65. The van der Waals surface area contributed by atoms with Crippen LogP contribution in [0.15, 0.2) is 35.3 Å². The summed E-state index contributed by atoms with van der Waals surface area (Å²) in [5.41, 5.74) is 11.2. The van der Waals surface area contributed by atoms with Crippen LogP contribution in [-0.4, -0.2) is 30.4 Å². The first kappa shape index (κ1) is 16.7. The van der Waals surface area contributed by atoms with Gasteiger partial charge in [0.1, 0.15) is 0 Å². The van der Waals surface area contributed by atoms with E-state index < -0.39 is 13.3 Å². The zero-order chi connectivity index (χ0) is 15.1. The fraction of sp³-hybridized carbons (Fsp3) is 0.562. The van der Waals surface area contributed by atoms with Gasteiger partial charge in [0.05, 0.1) is 0 Å². The van der Waals surface area contributed by atoms with Crippen molar-refractivity contribution in [1.29, 1.82) is 0 Å². The Morgan fingerprint density at radius 1 is 1.05 bits per heavy atom. The number of rotatable bonds is 7. The van der Waals surface area contributed by atoms with E-state index in [1.807, 2.05) is 6.07 Å². The summed E-state index contributed by atoms with van der Waals surface area (Å²) in [4.78, 5) is 5.21. The summed E-state index contributed by atoms with van der Waals surface area (Å²) >= 11 is -1.87. The van der Waals surface area contributed by atoms with Crippen molar-refractivity contribution in [3.8, 4) is 0 Å². The normalized spacial score (nSPS) is 23.0. The number of hydrogen-bond donors (Lipinski definition) is 3. The van der Waals surface area contributed by atoms with Gasteiger partial charge in [-0.1, -0.05) is 0 Å².